The molecular formula is C21H20N4O2S2. The number of furan rings is 1. The minimum absolute atomic E-state index is 0.0821. The van der Waals surface area contributed by atoms with Gasteiger partial charge in [-0.1, -0.05) is 36.0 Å². The molecule has 8 heteroatoms. The second-order valence-electron chi connectivity index (χ2n) is 6.42. The van der Waals surface area contributed by atoms with Gasteiger partial charge in [0, 0.05) is 17.0 Å². The van der Waals surface area contributed by atoms with Crippen LogP contribution in [0.4, 0.5) is 0 Å². The van der Waals surface area contributed by atoms with E-state index in [9.17, 15) is 4.79 Å². The molecule has 0 radical (unpaired) electrons. The van der Waals surface area contributed by atoms with Gasteiger partial charge in [0.15, 0.2) is 5.16 Å². The Balaban J connectivity index is 1.49. The van der Waals surface area contributed by atoms with E-state index in [0.717, 1.165) is 17.3 Å². The molecule has 0 aliphatic carbocycles. The van der Waals surface area contributed by atoms with Gasteiger partial charge in [-0.2, -0.15) is 0 Å². The molecule has 0 saturated heterocycles. The first-order chi connectivity index (χ1) is 14.2. The Kier molecular flexibility index (Phi) is 6.12. The number of rotatable bonds is 8. The van der Waals surface area contributed by atoms with Crippen molar-refractivity contribution in [3.8, 4) is 5.69 Å². The number of benzene rings is 1. The molecule has 29 heavy (non-hydrogen) atoms. The van der Waals surface area contributed by atoms with Crippen LogP contribution in [0.25, 0.3) is 5.69 Å². The normalized spacial score (nSPS) is 12.0. The van der Waals surface area contributed by atoms with Crippen molar-refractivity contribution in [1.29, 1.82) is 0 Å². The molecule has 6 nitrogen and oxygen atoms in total. The van der Waals surface area contributed by atoms with Gasteiger partial charge in [-0.3, -0.25) is 9.36 Å². The van der Waals surface area contributed by atoms with Gasteiger partial charge in [0.05, 0.1) is 18.1 Å². The minimum atomic E-state index is -0.181. The molecule has 4 aromatic rings. The van der Waals surface area contributed by atoms with Gasteiger partial charge in [-0.15, -0.1) is 21.5 Å². The zero-order valence-electron chi connectivity index (χ0n) is 15.8. The third-order valence-electron chi connectivity index (χ3n) is 4.31. The minimum Gasteiger partial charge on any atom is -0.467 e. The number of thiophene rings is 1. The lowest BCUT2D eigenvalue weighted by molar-refractivity contribution is -0.119. The van der Waals surface area contributed by atoms with Crippen molar-refractivity contribution in [3.63, 3.8) is 0 Å². The van der Waals surface area contributed by atoms with E-state index in [2.05, 4.69) is 27.0 Å². The largest absolute Gasteiger partial charge is 0.467 e. The predicted octanol–water partition coefficient (Wildman–Crippen LogP) is 4.48. The van der Waals surface area contributed by atoms with E-state index in [1.54, 1.807) is 17.6 Å². The van der Waals surface area contributed by atoms with E-state index >= 15 is 0 Å². The van der Waals surface area contributed by atoms with Gasteiger partial charge in [0.1, 0.15) is 11.6 Å². The third-order valence-corrected chi connectivity index (χ3v) is 6.11. The molecule has 4 rings (SSSR count). The molecule has 0 bridgehead atoms. The molecule has 0 aliphatic heterocycles. The average molecular weight is 425 g/mol. The van der Waals surface area contributed by atoms with Crippen molar-refractivity contribution in [2.45, 2.75) is 24.5 Å². The first-order valence-electron chi connectivity index (χ1n) is 9.18. The van der Waals surface area contributed by atoms with Crippen LogP contribution in [0.3, 0.4) is 0 Å². The van der Waals surface area contributed by atoms with Crippen LogP contribution < -0.4 is 5.32 Å². The van der Waals surface area contributed by atoms with Gasteiger partial charge >= 0.3 is 0 Å². The number of para-hydroxylation sites is 1. The third kappa shape index (κ3) is 4.78. The van der Waals surface area contributed by atoms with Crippen LogP contribution in [-0.2, 0) is 11.2 Å². The topological polar surface area (TPSA) is 73.0 Å². The van der Waals surface area contributed by atoms with E-state index in [0.29, 0.717) is 11.6 Å². The second kappa shape index (κ2) is 9.11. The highest BCUT2D eigenvalue weighted by molar-refractivity contribution is 7.99. The molecule has 148 valence electrons. The number of nitrogens with zero attached hydrogens (tertiary/aromatic N) is 3. The number of carbonyl (C=O) groups is 1. The Morgan fingerprint density at radius 2 is 2.03 bits per heavy atom. The summed E-state index contributed by atoms with van der Waals surface area (Å²) < 4.78 is 7.36. The molecule has 1 N–H and O–H groups in total. The van der Waals surface area contributed by atoms with Gasteiger partial charge in [0.2, 0.25) is 5.91 Å². The first-order valence-corrected chi connectivity index (χ1v) is 11.0. The standard InChI is InChI=1S/C21H20N4O2S2/c1-15(18-10-5-11-27-18)22-20(26)14-29-21-24-23-19(13-17-9-6-12-28-17)25(21)16-7-3-2-4-8-16/h2-12,15H,13-14H2,1H3,(H,22,26). The molecule has 0 spiro atoms. The molecule has 1 unspecified atom stereocenters. The van der Waals surface area contributed by atoms with Gasteiger partial charge < -0.3 is 9.73 Å². The van der Waals surface area contributed by atoms with E-state index in [4.69, 9.17) is 4.42 Å². The maximum absolute atomic E-state index is 12.4. The highest BCUT2D eigenvalue weighted by Gasteiger charge is 2.18. The zero-order valence-corrected chi connectivity index (χ0v) is 17.5. The van der Waals surface area contributed by atoms with Gasteiger partial charge in [-0.25, -0.2) is 0 Å². The Labute approximate surface area is 177 Å². The SMILES string of the molecule is CC(NC(=O)CSc1nnc(Cc2cccs2)n1-c1ccccc1)c1ccco1. The molecule has 0 saturated carbocycles. The maximum Gasteiger partial charge on any atom is 0.231 e. The monoisotopic (exact) mass is 424 g/mol. The Morgan fingerprint density at radius 3 is 2.76 bits per heavy atom. The first kappa shape index (κ1) is 19.5. The highest BCUT2D eigenvalue weighted by atomic mass is 32.2. The molecule has 0 fully saturated rings. The fraction of sp³-hybridized carbons (Fsp3) is 0.190. The lowest BCUT2D eigenvalue weighted by Gasteiger charge is -2.12. The van der Waals surface area contributed by atoms with Gasteiger partial charge in [0.25, 0.3) is 0 Å². The lowest BCUT2D eigenvalue weighted by atomic mass is 10.2. The van der Waals surface area contributed by atoms with Crippen molar-refractivity contribution >= 4 is 29.0 Å². The smallest absolute Gasteiger partial charge is 0.231 e. The van der Waals surface area contributed by atoms with Crippen LogP contribution in [-0.4, -0.2) is 26.4 Å². The summed E-state index contributed by atoms with van der Waals surface area (Å²) in [5.41, 5.74) is 0.982. The summed E-state index contributed by atoms with van der Waals surface area (Å²) in [4.78, 5) is 13.6. The number of amides is 1. The lowest BCUT2D eigenvalue weighted by Crippen LogP contribution is -2.28. The van der Waals surface area contributed by atoms with Crippen molar-refractivity contribution in [2.24, 2.45) is 0 Å². The quantitative estimate of drug-likeness (QED) is 0.422. The van der Waals surface area contributed by atoms with Crippen molar-refractivity contribution < 1.29 is 9.21 Å². The fourth-order valence-electron chi connectivity index (χ4n) is 2.94. The number of hydrogen-bond donors (Lipinski definition) is 1. The molecule has 3 aromatic heterocycles. The van der Waals surface area contributed by atoms with Crippen molar-refractivity contribution in [3.05, 3.63) is 82.7 Å². The van der Waals surface area contributed by atoms with Crippen molar-refractivity contribution in [1.82, 2.24) is 20.1 Å². The second-order valence-corrected chi connectivity index (χ2v) is 8.39. The fourth-order valence-corrected chi connectivity index (χ4v) is 4.42. The highest BCUT2D eigenvalue weighted by Crippen LogP contribution is 2.24. The summed E-state index contributed by atoms with van der Waals surface area (Å²) in [5.74, 6) is 1.75. The predicted molar refractivity (Wildman–Crippen MR) is 114 cm³/mol. The molecule has 0 aliphatic rings. The summed E-state index contributed by atoms with van der Waals surface area (Å²) in [6, 6.07) is 17.6. The van der Waals surface area contributed by atoms with Crippen LogP contribution in [0.5, 0.6) is 0 Å². The maximum atomic E-state index is 12.4. The van der Waals surface area contributed by atoms with Crippen LogP contribution >= 0.6 is 23.1 Å². The van der Waals surface area contributed by atoms with E-state index < -0.39 is 0 Å². The number of hydrogen-bond acceptors (Lipinski definition) is 6. The summed E-state index contributed by atoms with van der Waals surface area (Å²) in [5, 5.41) is 14.5. The van der Waals surface area contributed by atoms with E-state index in [1.807, 2.05) is 60.0 Å². The molecule has 1 aromatic carbocycles. The average Bonchev–Trinajstić information content (AvgIpc) is 3.50. The Bertz CT molecular complexity index is 1040. The van der Waals surface area contributed by atoms with Gasteiger partial charge in [-0.05, 0) is 42.6 Å². The summed E-state index contributed by atoms with van der Waals surface area (Å²) in [6.07, 6.45) is 2.30. The van der Waals surface area contributed by atoms with Crippen LogP contribution in [0.15, 0.2) is 75.8 Å². The van der Waals surface area contributed by atoms with E-state index in [1.165, 1.54) is 16.6 Å². The number of thioether (sulfide) groups is 1. The number of nitrogens with one attached hydrogen (secondary N) is 1. The zero-order chi connectivity index (χ0) is 20.1. The summed E-state index contributed by atoms with van der Waals surface area (Å²) in [7, 11) is 0. The number of carbonyl (C=O) groups excluding carboxylic acids is 1. The Morgan fingerprint density at radius 1 is 1.17 bits per heavy atom. The number of aromatic nitrogens is 3. The summed E-state index contributed by atoms with van der Waals surface area (Å²) >= 11 is 3.07. The molecule has 3 heterocycles. The van der Waals surface area contributed by atoms with Crippen LogP contribution in [0, 0.1) is 0 Å². The van der Waals surface area contributed by atoms with E-state index in [-0.39, 0.29) is 17.7 Å². The van der Waals surface area contributed by atoms with Crippen LogP contribution in [0.2, 0.25) is 0 Å². The molecule has 1 atom stereocenters. The summed E-state index contributed by atoms with van der Waals surface area (Å²) in [6.45, 7) is 1.90. The van der Waals surface area contributed by atoms with Crippen LogP contribution in [0.1, 0.15) is 29.4 Å². The van der Waals surface area contributed by atoms with Crippen molar-refractivity contribution in [2.75, 3.05) is 5.75 Å². The Hall–Kier alpha value is -2.84. The molecular weight excluding hydrogens is 404 g/mol. The molecule has 1 amide bonds.